The number of rotatable bonds is 3. The molecule has 0 fully saturated rings. The molecule has 1 aliphatic rings. The number of amides is 1. The second kappa shape index (κ2) is 6.10. The van der Waals surface area contributed by atoms with Gasteiger partial charge in [0, 0.05) is 50.5 Å². The normalized spacial score (nSPS) is 18.8. The van der Waals surface area contributed by atoms with Crippen LogP contribution in [0.3, 0.4) is 0 Å². The molecule has 1 unspecified atom stereocenters. The van der Waals surface area contributed by atoms with E-state index < -0.39 is 0 Å². The maximum absolute atomic E-state index is 12.4. The number of aromatic nitrogens is 2. The van der Waals surface area contributed by atoms with Gasteiger partial charge >= 0.3 is 0 Å². The van der Waals surface area contributed by atoms with E-state index in [1.807, 2.05) is 18.2 Å². The Labute approximate surface area is 124 Å². The lowest BCUT2D eigenvalue weighted by Crippen LogP contribution is -2.37. The van der Waals surface area contributed by atoms with Crippen molar-refractivity contribution < 1.29 is 4.79 Å². The fraction of sp³-hybridized carbons (Fsp3) is 0.375. The third-order valence-corrected chi connectivity index (χ3v) is 3.86. The zero-order chi connectivity index (χ0) is 14.7. The fourth-order valence-corrected chi connectivity index (χ4v) is 2.79. The number of carbonyl (C=O) groups excluding carboxylic acids is 1. The topological polar surface area (TPSA) is 50.2 Å². The molecule has 5 nitrogen and oxygen atoms in total. The molecule has 0 saturated heterocycles. The molecule has 0 saturated carbocycles. The van der Waals surface area contributed by atoms with Gasteiger partial charge < -0.3 is 9.88 Å². The monoisotopic (exact) mass is 284 g/mol. The molecule has 0 radical (unpaired) electrons. The van der Waals surface area contributed by atoms with Crippen molar-refractivity contribution in [3.05, 3.63) is 54.1 Å². The highest BCUT2D eigenvalue weighted by atomic mass is 16.1. The summed E-state index contributed by atoms with van der Waals surface area (Å²) < 4.78 is 2.18. The van der Waals surface area contributed by atoms with E-state index in [9.17, 15) is 4.79 Å². The SMILES string of the molecule is CN1Cc2cccn2CC(C(=O)NCc2cccnc2)C1. The van der Waals surface area contributed by atoms with Gasteiger partial charge in [0.2, 0.25) is 5.91 Å². The molecule has 0 spiro atoms. The largest absolute Gasteiger partial charge is 0.352 e. The lowest BCUT2D eigenvalue weighted by molar-refractivity contribution is -0.126. The second-order valence-corrected chi connectivity index (χ2v) is 5.62. The van der Waals surface area contributed by atoms with Crippen molar-refractivity contribution >= 4 is 5.91 Å². The fourth-order valence-electron chi connectivity index (χ4n) is 2.79. The average Bonchev–Trinajstić information content (AvgIpc) is 2.85. The first kappa shape index (κ1) is 13.8. The molecule has 110 valence electrons. The highest BCUT2D eigenvalue weighted by molar-refractivity contribution is 5.78. The first-order chi connectivity index (χ1) is 10.2. The van der Waals surface area contributed by atoms with E-state index >= 15 is 0 Å². The number of carbonyl (C=O) groups is 1. The van der Waals surface area contributed by atoms with Crippen molar-refractivity contribution in [3.63, 3.8) is 0 Å². The highest BCUT2D eigenvalue weighted by Crippen LogP contribution is 2.16. The quantitative estimate of drug-likeness (QED) is 0.923. The van der Waals surface area contributed by atoms with Gasteiger partial charge in [0.1, 0.15) is 0 Å². The molecule has 0 bridgehead atoms. The summed E-state index contributed by atoms with van der Waals surface area (Å²) in [6.07, 6.45) is 5.57. The average molecular weight is 284 g/mol. The molecule has 2 aromatic rings. The van der Waals surface area contributed by atoms with Crippen LogP contribution in [-0.2, 0) is 24.4 Å². The van der Waals surface area contributed by atoms with E-state index in [0.717, 1.165) is 25.2 Å². The van der Waals surface area contributed by atoms with E-state index in [0.29, 0.717) is 6.54 Å². The Balaban J connectivity index is 1.64. The summed E-state index contributed by atoms with van der Waals surface area (Å²) in [6, 6.07) is 8.01. The van der Waals surface area contributed by atoms with Crippen molar-refractivity contribution in [2.24, 2.45) is 5.92 Å². The Hall–Kier alpha value is -2.14. The summed E-state index contributed by atoms with van der Waals surface area (Å²) >= 11 is 0. The summed E-state index contributed by atoms with van der Waals surface area (Å²) in [5.74, 6) is 0.0765. The number of nitrogens with one attached hydrogen (secondary N) is 1. The summed E-state index contributed by atoms with van der Waals surface area (Å²) in [5, 5.41) is 3.02. The Bertz CT molecular complexity index is 608. The van der Waals surface area contributed by atoms with Gasteiger partial charge in [-0.1, -0.05) is 6.07 Å². The van der Waals surface area contributed by atoms with Crippen LogP contribution in [0.5, 0.6) is 0 Å². The van der Waals surface area contributed by atoms with Crippen LogP contribution >= 0.6 is 0 Å². The summed E-state index contributed by atoms with van der Waals surface area (Å²) in [6.45, 7) is 2.94. The lowest BCUT2D eigenvalue weighted by atomic mass is 10.1. The molecule has 1 aliphatic heterocycles. The molecule has 2 aromatic heterocycles. The van der Waals surface area contributed by atoms with Crippen LogP contribution in [0.1, 0.15) is 11.3 Å². The van der Waals surface area contributed by atoms with Crippen LogP contribution in [0.4, 0.5) is 0 Å². The zero-order valence-electron chi connectivity index (χ0n) is 12.2. The number of hydrogen-bond acceptors (Lipinski definition) is 3. The smallest absolute Gasteiger partial charge is 0.226 e. The van der Waals surface area contributed by atoms with Gasteiger partial charge in [-0.2, -0.15) is 0 Å². The number of fused-ring (bicyclic) bond motifs is 1. The van der Waals surface area contributed by atoms with Crippen molar-refractivity contribution in [1.82, 2.24) is 19.8 Å². The van der Waals surface area contributed by atoms with Gasteiger partial charge in [-0.15, -0.1) is 0 Å². The Morgan fingerprint density at radius 2 is 2.29 bits per heavy atom. The van der Waals surface area contributed by atoms with Crippen LogP contribution in [0.15, 0.2) is 42.9 Å². The Morgan fingerprint density at radius 1 is 1.38 bits per heavy atom. The standard InChI is InChI=1S/C16H20N4O/c1-19-10-14(11-20-7-3-5-15(20)12-19)16(21)18-9-13-4-2-6-17-8-13/h2-8,14H,9-12H2,1H3,(H,18,21). The van der Waals surface area contributed by atoms with Gasteiger partial charge in [-0.25, -0.2) is 0 Å². The lowest BCUT2D eigenvalue weighted by Gasteiger charge is -2.19. The number of hydrogen-bond donors (Lipinski definition) is 1. The third kappa shape index (κ3) is 3.31. The van der Waals surface area contributed by atoms with Crippen LogP contribution in [0.2, 0.25) is 0 Å². The highest BCUT2D eigenvalue weighted by Gasteiger charge is 2.24. The maximum atomic E-state index is 12.4. The molecular weight excluding hydrogens is 264 g/mol. The van der Waals surface area contributed by atoms with E-state index in [4.69, 9.17) is 0 Å². The second-order valence-electron chi connectivity index (χ2n) is 5.62. The first-order valence-corrected chi connectivity index (χ1v) is 7.21. The van der Waals surface area contributed by atoms with E-state index in [1.54, 1.807) is 12.4 Å². The molecule has 1 atom stereocenters. The molecule has 21 heavy (non-hydrogen) atoms. The summed E-state index contributed by atoms with van der Waals surface area (Å²) in [4.78, 5) is 18.7. The number of pyridine rings is 1. The van der Waals surface area contributed by atoms with Gasteiger partial charge in [-0.05, 0) is 30.8 Å². The minimum absolute atomic E-state index is 0.0275. The molecule has 0 aliphatic carbocycles. The predicted octanol–water partition coefficient (Wildman–Crippen LogP) is 1.26. The van der Waals surface area contributed by atoms with E-state index in [1.165, 1.54) is 5.69 Å². The minimum atomic E-state index is -0.0275. The van der Waals surface area contributed by atoms with Crippen LogP contribution in [0.25, 0.3) is 0 Å². The predicted molar refractivity (Wildman–Crippen MR) is 80.3 cm³/mol. The zero-order valence-corrected chi connectivity index (χ0v) is 12.2. The molecular formula is C16H20N4O. The van der Waals surface area contributed by atoms with Crippen LogP contribution in [-0.4, -0.2) is 34.0 Å². The molecule has 0 aromatic carbocycles. The molecule has 5 heteroatoms. The Kier molecular flexibility index (Phi) is 4.01. The van der Waals surface area contributed by atoms with Gasteiger partial charge in [-0.3, -0.25) is 14.7 Å². The minimum Gasteiger partial charge on any atom is -0.352 e. The van der Waals surface area contributed by atoms with Gasteiger partial charge in [0.05, 0.1) is 5.92 Å². The molecule has 1 amide bonds. The third-order valence-electron chi connectivity index (χ3n) is 3.86. The summed E-state index contributed by atoms with van der Waals surface area (Å²) in [7, 11) is 2.06. The molecule has 3 rings (SSSR count). The van der Waals surface area contributed by atoms with Gasteiger partial charge in [0.15, 0.2) is 0 Å². The van der Waals surface area contributed by atoms with E-state index in [2.05, 4.69) is 39.1 Å². The summed E-state index contributed by atoms with van der Waals surface area (Å²) in [5.41, 5.74) is 2.29. The van der Waals surface area contributed by atoms with Crippen LogP contribution in [0, 0.1) is 5.92 Å². The van der Waals surface area contributed by atoms with Gasteiger partial charge in [0.25, 0.3) is 0 Å². The molecule has 3 heterocycles. The van der Waals surface area contributed by atoms with Crippen molar-refractivity contribution in [2.75, 3.05) is 13.6 Å². The Morgan fingerprint density at radius 3 is 3.10 bits per heavy atom. The number of nitrogens with zero attached hydrogens (tertiary/aromatic N) is 3. The van der Waals surface area contributed by atoms with E-state index in [-0.39, 0.29) is 11.8 Å². The molecule has 1 N–H and O–H groups in total. The maximum Gasteiger partial charge on any atom is 0.226 e. The van der Waals surface area contributed by atoms with Crippen LogP contribution < -0.4 is 5.32 Å². The van der Waals surface area contributed by atoms with Crippen molar-refractivity contribution in [3.8, 4) is 0 Å². The first-order valence-electron chi connectivity index (χ1n) is 7.21. The van der Waals surface area contributed by atoms with Crippen molar-refractivity contribution in [2.45, 2.75) is 19.6 Å². The van der Waals surface area contributed by atoms with Crippen molar-refractivity contribution in [1.29, 1.82) is 0 Å².